The Morgan fingerprint density at radius 2 is 2.15 bits per heavy atom. The molecule has 2 N–H and O–H groups in total. The van der Waals surface area contributed by atoms with Crippen molar-refractivity contribution in [2.45, 2.75) is 19.4 Å². The van der Waals surface area contributed by atoms with Crippen LogP contribution in [0.1, 0.15) is 18.4 Å². The van der Waals surface area contributed by atoms with Crippen LogP contribution in [-0.4, -0.2) is 32.9 Å². The van der Waals surface area contributed by atoms with Crippen LogP contribution in [0.4, 0.5) is 4.79 Å². The molecule has 20 heavy (non-hydrogen) atoms. The Kier molecular flexibility index (Phi) is 5.68. The monoisotopic (exact) mass is 278 g/mol. The Hall–Kier alpha value is -1.75. The van der Waals surface area contributed by atoms with E-state index < -0.39 is 0 Å². The van der Waals surface area contributed by atoms with Gasteiger partial charge in [0.25, 0.3) is 0 Å². The molecule has 0 atom stereocenters. The average Bonchev–Trinajstić information content (AvgIpc) is 2.52. The lowest BCUT2D eigenvalue weighted by molar-refractivity contribution is 0.0669. The van der Waals surface area contributed by atoms with Gasteiger partial charge in [0.15, 0.2) is 0 Å². The molecule has 0 aliphatic carbocycles. The summed E-state index contributed by atoms with van der Waals surface area (Å²) in [5, 5.41) is 5.77. The Morgan fingerprint density at radius 1 is 1.35 bits per heavy atom. The quantitative estimate of drug-likeness (QED) is 0.865. The second kappa shape index (κ2) is 7.75. The first kappa shape index (κ1) is 14.7. The number of methoxy groups -OCH3 is 1. The minimum absolute atomic E-state index is 0.126. The third kappa shape index (κ3) is 4.74. The SMILES string of the molecule is COc1cccc(CNC(=O)NCC2CCOCC2)c1. The van der Waals surface area contributed by atoms with E-state index in [9.17, 15) is 4.79 Å². The molecule has 5 heteroatoms. The lowest BCUT2D eigenvalue weighted by atomic mass is 10.0. The summed E-state index contributed by atoms with van der Waals surface area (Å²) in [5.41, 5.74) is 1.02. The highest BCUT2D eigenvalue weighted by atomic mass is 16.5. The molecule has 1 aliphatic rings. The molecule has 1 aromatic carbocycles. The predicted octanol–water partition coefficient (Wildman–Crippen LogP) is 1.92. The van der Waals surface area contributed by atoms with Gasteiger partial charge in [0, 0.05) is 26.3 Å². The van der Waals surface area contributed by atoms with Crippen LogP contribution >= 0.6 is 0 Å². The first-order valence-corrected chi connectivity index (χ1v) is 7.00. The molecule has 1 aliphatic heterocycles. The number of carbonyl (C=O) groups is 1. The second-order valence-corrected chi connectivity index (χ2v) is 4.97. The minimum Gasteiger partial charge on any atom is -0.497 e. The van der Waals surface area contributed by atoms with Gasteiger partial charge in [-0.1, -0.05) is 12.1 Å². The Balaban J connectivity index is 1.68. The van der Waals surface area contributed by atoms with Gasteiger partial charge in [0.2, 0.25) is 0 Å². The Morgan fingerprint density at radius 3 is 2.90 bits per heavy atom. The first-order valence-electron chi connectivity index (χ1n) is 7.00. The fourth-order valence-electron chi connectivity index (χ4n) is 2.21. The molecule has 0 spiro atoms. The standard InChI is InChI=1S/C15H22N2O3/c1-19-14-4-2-3-13(9-14)11-17-15(18)16-10-12-5-7-20-8-6-12/h2-4,9,12H,5-8,10-11H2,1H3,(H2,16,17,18). The molecule has 2 amide bonds. The summed E-state index contributed by atoms with van der Waals surface area (Å²) in [6, 6.07) is 7.55. The van der Waals surface area contributed by atoms with E-state index in [1.807, 2.05) is 24.3 Å². The van der Waals surface area contributed by atoms with Crippen LogP contribution in [-0.2, 0) is 11.3 Å². The number of ether oxygens (including phenoxy) is 2. The van der Waals surface area contributed by atoms with E-state index in [2.05, 4.69) is 10.6 Å². The highest BCUT2D eigenvalue weighted by Gasteiger charge is 2.14. The molecule has 0 aromatic heterocycles. The molecule has 0 bridgehead atoms. The fourth-order valence-corrected chi connectivity index (χ4v) is 2.21. The zero-order chi connectivity index (χ0) is 14.2. The van der Waals surface area contributed by atoms with E-state index in [4.69, 9.17) is 9.47 Å². The molecular weight excluding hydrogens is 256 g/mol. The summed E-state index contributed by atoms with van der Waals surface area (Å²) in [5.74, 6) is 1.33. The van der Waals surface area contributed by atoms with Crippen molar-refractivity contribution < 1.29 is 14.3 Å². The average molecular weight is 278 g/mol. The maximum absolute atomic E-state index is 11.7. The lowest BCUT2D eigenvalue weighted by Crippen LogP contribution is -2.39. The van der Waals surface area contributed by atoms with Gasteiger partial charge in [-0.25, -0.2) is 4.79 Å². The Bertz CT molecular complexity index is 431. The fraction of sp³-hybridized carbons (Fsp3) is 0.533. The van der Waals surface area contributed by atoms with Crippen LogP contribution < -0.4 is 15.4 Å². The van der Waals surface area contributed by atoms with Gasteiger partial charge >= 0.3 is 6.03 Å². The van der Waals surface area contributed by atoms with Gasteiger partial charge in [0.05, 0.1) is 7.11 Å². The number of urea groups is 1. The van der Waals surface area contributed by atoms with Crippen LogP contribution in [0.2, 0.25) is 0 Å². The molecule has 0 unspecified atom stereocenters. The van der Waals surface area contributed by atoms with E-state index in [0.717, 1.165) is 37.4 Å². The van der Waals surface area contributed by atoms with E-state index >= 15 is 0 Å². The van der Waals surface area contributed by atoms with Crippen molar-refractivity contribution in [2.24, 2.45) is 5.92 Å². The smallest absolute Gasteiger partial charge is 0.315 e. The zero-order valence-corrected chi connectivity index (χ0v) is 11.9. The summed E-state index contributed by atoms with van der Waals surface area (Å²) in [4.78, 5) is 11.7. The summed E-state index contributed by atoms with van der Waals surface area (Å²) in [6.07, 6.45) is 2.05. The van der Waals surface area contributed by atoms with Gasteiger partial charge in [0.1, 0.15) is 5.75 Å². The summed E-state index contributed by atoms with van der Waals surface area (Å²) < 4.78 is 10.4. The lowest BCUT2D eigenvalue weighted by Gasteiger charge is -2.22. The molecule has 2 rings (SSSR count). The highest BCUT2D eigenvalue weighted by molar-refractivity contribution is 5.73. The number of hydrogen-bond acceptors (Lipinski definition) is 3. The topological polar surface area (TPSA) is 59.6 Å². The number of benzene rings is 1. The third-order valence-corrected chi connectivity index (χ3v) is 3.48. The molecule has 5 nitrogen and oxygen atoms in total. The molecule has 1 saturated heterocycles. The zero-order valence-electron chi connectivity index (χ0n) is 11.9. The van der Waals surface area contributed by atoms with Crippen molar-refractivity contribution in [3.05, 3.63) is 29.8 Å². The van der Waals surface area contributed by atoms with Crippen LogP contribution in [0, 0.1) is 5.92 Å². The molecule has 1 fully saturated rings. The van der Waals surface area contributed by atoms with E-state index in [1.54, 1.807) is 7.11 Å². The van der Waals surface area contributed by atoms with Crippen LogP contribution in [0.3, 0.4) is 0 Å². The maximum atomic E-state index is 11.7. The van der Waals surface area contributed by atoms with Crippen molar-refractivity contribution >= 4 is 6.03 Å². The van der Waals surface area contributed by atoms with Crippen LogP contribution in [0.5, 0.6) is 5.75 Å². The van der Waals surface area contributed by atoms with Crippen molar-refractivity contribution in [1.82, 2.24) is 10.6 Å². The number of carbonyl (C=O) groups excluding carboxylic acids is 1. The van der Waals surface area contributed by atoms with Crippen molar-refractivity contribution in [3.63, 3.8) is 0 Å². The summed E-state index contributed by atoms with van der Waals surface area (Å²) >= 11 is 0. The van der Waals surface area contributed by atoms with Gasteiger partial charge in [-0.05, 0) is 36.5 Å². The van der Waals surface area contributed by atoms with E-state index in [-0.39, 0.29) is 6.03 Å². The third-order valence-electron chi connectivity index (χ3n) is 3.48. The number of hydrogen-bond donors (Lipinski definition) is 2. The molecule has 0 saturated carbocycles. The highest BCUT2D eigenvalue weighted by Crippen LogP contribution is 2.13. The van der Waals surface area contributed by atoms with Gasteiger partial charge in [-0.15, -0.1) is 0 Å². The molecule has 110 valence electrons. The van der Waals surface area contributed by atoms with Crippen molar-refractivity contribution in [1.29, 1.82) is 0 Å². The van der Waals surface area contributed by atoms with Gasteiger partial charge < -0.3 is 20.1 Å². The van der Waals surface area contributed by atoms with Crippen LogP contribution in [0.15, 0.2) is 24.3 Å². The first-order chi connectivity index (χ1) is 9.78. The number of nitrogens with one attached hydrogen (secondary N) is 2. The maximum Gasteiger partial charge on any atom is 0.315 e. The van der Waals surface area contributed by atoms with Gasteiger partial charge in [-0.2, -0.15) is 0 Å². The normalized spacial score (nSPS) is 15.7. The number of rotatable bonds is 5. The van der Waals surface area contributed by atoms with E-state index in [0.29, 0.717) is 19.0 Å². The van der Waals surface area contributed by atoms with Crippen LogP contribution in [0.25, 0.3) is 0 Å². The minimum atomic E-state index is -0.126. The molecule has 1 aromatic rings. The van der Waals surface area contributed by atoms with Gasteiger partial charge in [-0.3, -0.25) is 0 Å². The van der Waals surface area contributed by atoms with Crippen molar-refractivity contribution in [3.8, 4) is 5.75 Å². The Labute approximate surface area is 119 Å². The van der Waals surface area contributed by atoms with E-state index in [1.165, 1.54) is 0 Å². The van der Waals surface area contributed by atoms with Crippen molar-refractivity contribution in [2.75, 3.05) is 26.9 Å². The summed E-state index contributed by atoms with van der Waals surface area (Å²) in [6.45, 7) is 2.82. The molecular formula is C15H22N2O3. The predicted molar refractivity (Wildman–Crippen MR) is 76.8 cm³/mol. The molecule has 0 radical (unpaired) electrons. The largest absolute Gasteiger partial charge is 0.497 e. The second-order valence-electron chi connectivity index (χ2n) is 4.97. The molecule has 1 heterocycles. The number of amides is 2. The summed E-state index contributed by atoms with van der Waals surface area (Å²) in [7, 11) is 1.63.